The first-order valence-corrected chi connectivity index (χ1v) is 10.4. The number of halogens is 1. The van der Waals surface area contributed by atoms with Crippen LogP contribution in [0.5, 0.6) is 0 Å². The highest BCUT2D eigenvalue weighted by Crippen LogP contribution is 2.39. The lowest BCUT2D eigenvalue weighted by Crippen LogP contribution is -2.19. The average Bonchev–Trinajstić information content (AvgIpc) is 2.53. The number of benzene rings is 2. The van der Waals surface area contributed by atoms with Crippen LogP contribution in [-0.2, 0) is 14.6 Å². The van der Waals surface area contributed by atoms with Crippen LogP contribution in [-0.4, -0.2) is 22.5 Å². The summed E-state index contributed by atoms with van der Waals surface area (Å²) in [6, 6.07) is 13.5. The Labute approximate surface area is 152 Å². The molecule has 3 N–H and O–H groups in total. The Balaban J connectivity index is 2.21. The molecular formula is C15H11ClN2O6PS. The molecule has 0 bridgehead atoms. The van der Waals surface area contributed by atoms with Gasteiger partial charge in [0, 0.05) is 11.1 Å². The molecule has 1 radical (unpaired) electrons. The molecule has 135 valence electrons. The van der Waals surface area contributed by atoms with Crippen LogP contribution in [0.1, 0.15) is 0 Å². The predicted octanol–water partition coefficient (Wildman–Crippen LogP) is 2.20. The Kier molecular flexibility index (Phi) is 4.68. The van der Waals surface area contributed by atoms with Crippen molar-refractivity contribution in [3.63, 3.8) is 0 Å². The Morgan fingerprint density at radius 3 is 2.42 bits per heavy atom. The summed E-state index contributed by atoms with van der Waals surface area (Å²) in [5.74, 6) is 0. The number of fused-ring (bicyclic) bond motifs is 1. The number of aromatic nitrogens is 1. The van der Waals surface area contributed by atoms with E-state index in [0.29, 0.717) is 5.69 Å². The first-order chi connectivity index (χ1) is 12.1. The molecule has 0 aliphatic rings. The first kappa shape index (κ1) is 18.6. The summed E-state index contributed by atoms with van der Waals surface area (Å²) in [6.45, 7) is 0. The molecule has 0 amide bonds. The first-order valence-electron chi connectivity index (χ1n) is 7.01. The van der Waals surface area contributed by atoms with Gasteiger partial charge in [-0.2, -0.15) is 0 Å². The fourth-order valence-electron chi connectivity index (χ4n) is 2.35. The standard InChI is InChI=1S/C15H11ClN2O6PS/c16-12-9-13-10(6-7-15(19)18(13)25(20,21)22)8-14(12)26(23,24)17-11-4-2-1-3-5-11/h1-6,8-9,17H,(H2,20,21,22). The van der Waals surface area contributed by atoms with Crippen molar-refractivity contribution in [3.05, 3.63) is 70.0 Å². The zero-order valence-electron chi connectivity index (χ0n) is 12.8. The molecule has 26 heavy (non-hydrogen) atoms. The molecule has 1 heterocycles. The van der Waals surface area contributed by atoms with Crippen molar-refractivity contribution in [1.29, 1.82) is 0 Å². The topological polar surface area (TPSA) is 126 Å². The number of hydrogen-bond acceptors (Lipinski definition) is 4. The molecule has 2 aromatic carbocycles. The molecule has 0 spiro atoms. The lowest BCUT2D eigenvalue weighted by atomic mass is 10.2. The van der Waals surface area contributed by atoms with Gasteiger partial charge in [0.15, 0.2) is 0 Å². The number of rotatable bonds is 4. The molecule has 0 atom stereocenters. The zero-order valence-corrected chi connectivity index (χ0v) is 15.3. The second-order valence-corrected chi connectivity index (χ2v) is 8.72. The van der Waals surface area contributed by atoms with E-state index >= 15 is 0 Å². The number of anilines is 1. The zero-order chi connectivity index (χ0) is 19.1. The van der Waals surface area contributed by atoms with Crippen molar-refractivity contribution in [2.45, 2.75) is 4.90 Å². The maximum absolute atomic E-state index is 12.6. The highest BCUT2D eigenvalue weighted by molar-refractivity contribution is 7.92. The number of hydrogen-bond donors (Lipinski definition) is 3. The summed E-state index contributed by atoms with van der Waals surface area (Å²) in [6.07, 6.45) is 0. The van der Waals surface area contributed by atoms with E-state index in [0.717, 1.165) is 18.2 Å². The monoisotopic (exact) mass is 413 g/mol. The highest BCUT2D eigenvalue weighted by Gasteiger charge is 2.24. The number of nitrogens with one attached hydrogen (secondary N) is 1. The molecule has 0 aliphatic carbocycles. The number of nitrogens with zero attached hydrogens (tertiary/aromatic N) is 1. The minimum atomic E-state index is -4.98. The van der Waals surface area contributed by atoms with Gasteiger partial charge in [-0.05, 0) is 30.3 Å². The molecule has 0 saturated carbocycles. The predicted molar refractivity (Wildman–Crippen MR) is 96.7 cm³/mol. The van der Waals surface area contributed by atoms with E-state index < -0.39 is 23.3 Å². The summed E-state index contributed by atoms with van der Waals surface area (Å²) in [5.41, 5.74) is -0.943. The minimum absolute atomic E-state index is 0.0748. The summed E-state index contributed by atoms with van der Waals surface area (Å²) in [7, 11) is -9.05. The summed E-state index contributed by atoms with van der Waals surface area (Å²) in [5, 5.41) is -0.223. The fraction of sp³-hybridized carbons (Fsp3) is 0. The Morgan fingerprint density at radius 2 is 1.81 bits per heavy atom. The van der Waals surface area contributed by atoms with Crippen LogP contribution < -0.4 is 10.3 Å². The summed E-state index contributed by atoms with van der Waals surface area (Å²) >= 11 is 6.03. The van der Waals surface area contributed by atoms with Gasteiger partial charge in [-0.3, -0.25) is 9.52 Å². The third-order valence-corrected chi connectivity index (χ3v) is 6.19. The molecule has 0 aliphatic heterocycles. The third kappa shape index (κ3) is 3.53. The molecule has 1 aromatic heterocycles. The second-order valence-electron chi connectivity index (χ2n) is 5.23. The van der Waals surface area contributed by atoms with Crippen LogP contribution in [0.3, 0.4) is 0 Å². The molecular weight excluding hydrogens is 403 g/mol. The molecule has 3 rings (SSSR count). The second kappa shape index (κ2) is 6.53. The summed E-state index contributed by atoms with van der Waals surface area (Å²) < 4.78 is 39.3. The van der Waals surface area contributed by atoms with E-state index in [1.807, 2.05) is 0 Å². The van der Waals surface area contributed by atoms with Crippen LogP contribution in [0, 0.1) is 6.07 Å². The third-order valence-electron chi connectivity index (χ3n) is 3.43. The van der Waals surface area contributed by atoms with Crippen molar-refractivity contribution in [3.8, 4) is 0 Å². The van der Waals surface area contributed by atoms with Crippen LogP contribution in [0.15, 0.2) is 58.2 Å². The van der Waals surface area contributed by atoms with Gasteiger partial charge in [-0.1, -0.05) is 29.8 Å². The molecule has 11 heteroatoms. The van der Waals surface area contributed by atoms with E-state index in [4.69, 9.17) is 11.6 Å². The Morgan fingerprint density at radius 1 is 1.15 bits per heavy atom. The number of para-hydroxylation sites is 1. The summed E-state index contributed by atoms with van der Waals surface area (Å²) in [4.78, 5) is 30.2. The van der Waals surface area contributed by atoms with Crippen LogP contribution >= 0.6 is 19.3 Å². The Hall–Kier alpha value is -2.16. The van der Waals surface area contributed by atoms with Gasteiger partial charge < -0.3 is 9.79 Å². The van der Waals surface area contributed by atoms with Crippen molar-refractivity contribution in [2.75, 3.05) is 4.72 Å². The smallest absolute Gasteiger partial charge is 0.308 e. The van der Waals surface area contributed by atoms with Crippen molar-refractivity contribution < 1.29 is 22.8 Å². The molecule has 0 unspecified atom stereocenters. The van der Waals surface area contributed by atoms with Crippen LogP contribution in [0.4, 0.5) is 5.69 Å². The lowest BCUT2D eigenvalue weighted by Gasteiger charge is -2.14. The van der Waals surface area contributed by atoms with E-state index in [9.17, 15) is 27.6 Å². The van der Waals surface area contributed by atoms with Crippen molar-refractivity contribution >= 4 is 46.0 Å². The lowest BCUT2D eigenvalue weighted by molar-refractivity contribution is 0.361. The van der Waals surface area contributed by atoms with Gasteiger partial charge in [-0.15, -0.1) is 0 Å². The van der Waals surface area contributed by atoms with Gasteiger partial charge >= 0.3 is 7.75 Å². The van der Waals surface area contributed by atoms with Crippen LogP contribution in [0.2, 0.25) is 5.02 Å². The van der Waals surface area contributed by atoms with Gasteiger partial charge in [0.1, 0.15) is 4.90 Å². The fourth-order valence-corrected chi connectivity index (χ4v) is 4.71. The normalized spacial score (nSPS) is 12.3. The van der Waals surface area contributed by atoms with E-state index in [1.165, 1.54) is 0 Å². The molecule has 8 nitrogen and oxygen atoms in total. The molecule has 0 fully saturated rings. The van der Waals surface area contributed by atoms with Gasteiger partial charge in [0.05, 0.1) is 16.6 Å². The van der Waals surface area contributed by atoms with Gasteiger partial charge in [-0.25, -0.2) is 17.3 Å². The van der Waals surface area contributed by atoms with E-state index in [-0.39, 0.29) is 25.2 Å². The van der Waals surface area contributed by atoms with Gasteiger partial charge in [0.25, 0.3) is 15.6 Å². The van der Waals surface area contributed by atoms with Gasteiger partial charge in [0.2, 0.25) is 0 Å². The SMILES string of the molecule is O=c1[c]cc2cc(S(=O)(=O)Nc3ccccc3)c(Cl)cc2n1P(=O)(O)O. The van der Waals surface area contributed by atoms with Crippen LogP contribution in [0.25, 0.3) is 10.9 Å². The van der Waals surface area contributed by atoms with E-state index in [2.05, 4.69) is 10.8 Å². The quantitative estimate of drug-likeness (QED) is 0.563. The maximum Gasteiger partial charge on any atom is 0.437 e. The molecule has 3 aromatic rings. The maximum atomic E-state index is 12.6. The number of pyridine rings is 1. The highest BCUT2D eigenvalue weighted by atomic mass is 35.5. The van der Waals surface area contributed by atoms with Crippen molar-refractivity contribution in [1.82, 2.24) is 4.34 Å². The molecule has 0 saturated heterocycles. The average molecular weight is 414 g/mol. The van der Waals surface area contributed by atoms with E-state index in [1.54, 1.807) is 30.3 Å². The van der Waals surface area contributed by atoms with Crippen molar-refractivity contribution in [2.24, 2.45) is 0 Å². The minimum Gasteiger partial charge on any atom is -0.308 e. The number of sulfonamides is 1. The largest absolute Gasteiger partial charge is 0.437 e. The Bertz CT molecular complexity index is 1200.